The van der Waals surface area contributed by atoms with Crippen molar-refractivity contribution >= 4 is 23.8 Å². The zero-order chi connectivity index (χ0) is 25.2. The van der Waals surface area contributed by atoms with E-state index in [0.717, 1.165) is 37.8 Å². The molecule has 1 aromatic carbocycles. The molecule has 3 rings (SSSR count). The molecule has 2 N–H and O–H groups in total. The van der Waals surface area contributed by atoms with Crippen molar-refractivity contribution < 1.29 is 23.8 Å². The maximum atomic E-state index is 13.2. The maximum Gasteiger partial charge on any atom is 0.410 e. The summed E-state index contributed by atoms with van der Waals surface area (Å²) in [6, 6.07) is 7.63. The Labute approximate surface area is 214 Å². The van der Waals surface area contributed by atoms with Crippen molar-refractivity contribution in [2.24, 2.45) is 17.8 Å². The number of halogens is 1. The number of alkyl carbamates (subject to hydrolysis) is 1. The second-order valence-electron chi connectivity index (χ2n) is 9.92. The first-order valence-corrected chi connectivity index (χ1v) is 13.1. The summed E-state index contributed by atoms with van der Waals surface area (Å²) in [6.45, 7) is 7.99. The number of hydrogen-bond donors (Lipinski definition) is 2. The van der Waals surface area contributed by atoms with Gasteiger partial charge < -0.3 is 29.7 Å². The van der Waals surface area contributed by atoms with E-state index in [-0.39, 0.29) is 24.2 Å². The molecule has 2 amide bonds. The van der Waals surface area contributed by atoms with Gasteiger partial charge in [0.2, 0.25) is 0 Å². The highest BCUT2D eigenvalue weighted by Gasteiger charge is 2.35. The number of benzene rings is 1. The van der Waals surface area contributed by atoms with Crippen molar-refractivity contribution in [3.63, 3.8) is 0 Å². The van der Waals surface area contributed by atoms with Crippen LogP contribution in [0.4, 0.5) is 9.59 Å². The van der Waals surface area contributed by atoms with Crippen LogP contribution in [0.25, 0.3) is 0 Å². The summed E-state index contributed by atoms with van der Waals surface area (Å²) in [5, 5.41) is 6.65. The minimum absolute atomic E-state index is 0.0869. The first kappa shape index (κ1) is 27.6. The minimum Gasteiger partial charge on any atom is -0.453 e. The van der Waals surface area contributed by atoms with Crippen LogP contribution in [0.3, 0.4) is 0 Å². The van der Waals surface area contributed by atoms with Crippen molar-refractivity contribution in [1.29, 1.82) is 0 Å². The van der Waals surface area contributed by atoms with Crippen molar-refractivity contribution in [1.82, 2.24) is 15.5 Å². The first-order valence-electron chi connectivity index (χ1n) is 12.7. The van der Waals surface area contributed by atoms with Gasteiger partial charge in [-0.1, -0.05) is 37.6 Å². The zero-order valence-corrected chi connectivity index (χ0v) is 21.9. The number of carbonyl (C=O) groups excluding carboxylic acids is 2. The van der Waals surface area contributed by atoms with Crippen LogP contribution in [0.1, 0.15) is 51.2 Å². The van der Waals surface area contributed by atoms with Gasteiger partial charge in [0.1, 0.15) is 6.10 Å². The number of rotatable bonds is 9. The molecule has 0 aromatic heterocycles. The van der Waals surface area contributed by atoms with Gasteiger partial charge in [-0.25, -0.2) is 9.59 Å². The molecule has 0 saturated carbocycles. The fourth-order valence-electron chi connectivity index (χ4n) is 5.12. The zero-order valence-electron chi connectivity index (χ0n) is 21.1. The van der Waals surface area contributed by atoms with Crippen LogP contribution in [-0.4, -0.2) is 69.6 Å². The quantitative estimate of drug-likeness (QED) is 0.472. The SMILES string of the molecule is COC(=O)NCCO[C@@H](c1cccc(Cl)c1)C1CCCN(C(=O)O[C@H]2CNCCC2CC(C)C)C1. The van der Waals surface area contributed by atoms with E-state index in [4.69, 9.17) is 21.1 Å². The fourth-order valence-corrected chi connectivity index (χ4v) is 5.32. The van der Waals surface area contributed by atoms with Gasteiger partial charge in [0, 0.05) is 37.1 Å². The van der Waals surface area contributed by atoms with Gasteiger partial charge in [0.05, 0.1) is 19.8 Å². The smallest absolute Gasteiger partial charge is 0.410 e. The van der Waals surface area contributed by atoms with E-state index in [1.807, 2.05) is 29.2 Å². The Hall–Kier alpha value is -2.03. The van der Waals surface area contributed by atoms with Crippen molar-refractivity contribution in [2.75, 3.05) is 46.4 Å². The van der Waals surface area contributed by atoms with E-state index >= 15 is 0 Å². The molecule has 0 aliphatic carbocycles. The Morgan fingerprint density at radius 3 is 2.86 bits per heavy atom. The summed E-state index contributed by atoms with van der Waals surface area (Å²) < 4.78 is 16.9. The standard InChI is InChI=1S/C26H40ClN3O5/c1-18(2)14-19-9-10-28-16-23(19)35-26(32)30-12-5-7-21(17-30)24(20-6-4-8-22(27)15-20)34-13-11-29-25(31)33-3/h4,6,8,15,18-19,21,23-24,28H,5,7,9-14,16-17H2,1-3H3,(H,29,31)/t19?,21?,23-,24-/m0/s1. The number of amides is 2. The highest BCUT2D eigenvalue weighted by atomic mass is 35.5. The monoisotopic (exact) mass is 509 g/mol. The Bertz CT molecular complexity index is 824. The van der Waals surface area contributed by atoms with Gasteiger partial charge in [-0.2, -0.15) is 0 Å². The average molecular weight is 510 g/mol. The van der Waals surface area contributed by atoms with E-state index in [2.05, 4.69) is 29.2 Å². The molecular formula is C26H40ClN3O5. The third-order valence-electron chi connectivity index (χ3n) is 6.77. The Morgan fingerprint density at radius 2 is 2.11 bits per heavy atom. The van der Waals surface area contributed by atoms with Gasteiger partial charge in [0.15, 0.2) is 0 Å². The molecule has 0 bridgehead atoms. The number of nitrogens with zero attached hydrogens (tertiary/aromatic N) is 1. The minimum atomic E-state index is -0.493. The van der Waals surface area contributed by atoms with Crippen molar-refractivity contribution in [3.8, 4) is 0 Å². The van der Waals surface area contributed by atoms with Crippen LogP contribution >= 0.6 is 11.6 Å². The second kappa shape index (κ2) is 13.9. The summed E-state index contributed by atoms with van der Waals surface area (Å²) in [7, 11) is 1.33. The van der Waals surface area contributed by atoms with Crippen LogP contribution in [0.15, 0.2) is 24.3 Å². The van der Waals surface area contributed by atoms with Crippen LogP contribution < -0.4 is 10.6 Å². The average Bonchev–Trinajstić information content (AvgIpc) is 2.84. The van der Waals surface area contributed by atoms with Crippen LogP contribution in [0.5, 0.6) is 0 Å². The highest BCUT2D eigenvalue weighted by molar-refractivity contribution is 6.30. The molecular weight excluding hydrogens is 470 g/mol. The molecule has 4 atom stereocenters. The number of hydrogen-bond acceptors (Lipinski definition) is 6. The summed E-state index contributed by atoms with van der Waals surface area (Å²) in [4.78, 5) is 26.4. The predicted molar refractivity (Wildman–Crippen MR) is 136 cm³/mol. The Balaban J connectivity index is 1.64. The largest absolute Gasteiger partial charge is 0.453 e. The summed E-state index contributed by atoms with van der Waals surface area (Å²) in [6.07, 6.45) is 2.81. The van der Waals surface area contributed by atoms with Gasteiger partial charge in [-0.15, -0.1) is 0 Å². The molecule has 2 unspecified atom stereocenters. The van der Waals surface area contributed by atoms with Gasteiger partial charge >= 0.3 is 12.2 Å². The van der Waals surface area contributed by atoms with Crippen molar-refractivity contribution in [2.45, 2.75) is 51.7 Å². The lowest BCUT2D eigenvalue weighted by Gasteiger charge is -2.39. The molecule has 0 spiro atoms. The van der Waals surface area contributed by atoms with E-state index in [0.29, 0.717) is 49.6 Å². The van der Waals surface area contributed by atoms with Crippen LogP contribution in [-0.2, 0) is 14.2 Å². The highest BCUT2D eigenvalue weighted by Crippen LogP contribution is 2.34. The number of carbonyl (C=O) groups is 2. The molecule has 2 aliphatic rings. The van der Waals surface area contributed by atoms with Crippen molar-refractivity contribution in [3.05, 3.63) is 34.9 Å². The lowest BCUT2D eigenvalue weighted by atomic mass is 9.87. The molecule has 2 aliphatic heterocycles. The Kier molecular flexibility index (Phi) is 10.9. The molecule has 8 nitrogen and oxygen atoms in total. The molecule has 196 valence electrons. The van der Waals surface area contributed by atoms with Gasteiger partial charge in [-0.3, -0.25) is 0 Å². The molecule has 2 saturated heterocycles. The van der Waals surface area contributed by atoms with Crippen LogP contribution in [0, 0.1) is 17.8 Å². The van der Waals surface area contributed by atoms with Gasteiger partial charge in [-0.05, 0) is 61.8 Å². The molecule has 0 radical (unpaired) electrons. The number of likely N-dealkylation sites (tertiary alicyclic amines) is 1. The van der Waals surface area contributed by atoms with E-state index in [9.17, 15) is 9.59 Å². The van der Waals surface area contributed by atoms with E-state index in [1.54, 1.807) is 0 Å². The lowest BCUT2D eigenvalue weighted by molar-refractivity contribution is -0.0250. The number of nitrogens with one attached hydrogen (secondary N) is 2. The third kappa shape index (κ3) is 8.54. The molecule has 35 heavy (non-hydrogen) atoms. The fraction of sp³-hybridized carbons (Fsp3) is 0.692. The summed E-state index contributed by atoms with van der Waals surface area (Å²) >= 11 is 6.27. The molecule has 2 heterocycles. The maximum absolute atomic E-state index is 13.2. The van der Waals surface area contributed by atoms with Crippen LogP contribution in [0.2, 0.25) is 5.02 Å². The molecule has 1 aromatic rings. The van der Waals surface area contributed by atoms with E-state index < -0.39 is 6.09 Å². The lowest BCUT2D eigenvalue weighted by Crippen LogP contribution is -2.48. The first-order chi connectivity index (χ1) is 16.9. The predicted octanol–water partition coefficient (Wildman–Crippen LogP) is 4.63. The molecule has 9 heteroatoms. The normalized spacial score (nSPS) is 23.6. The number of methoxy groups -OCH3 is 1. The second-order valence-corrected chi connectivity index (χ2v) is 10.4. The topological polar surface area (TPSA) is 89.1 Å². The van der Waals surface area contributed by atoms with E-state index in [1.165, 1.54) is 7.11 Å². The Morgan fingerprint density at radius 1 is 1.29 bits per heavy atom. The number of ether oxygens (including phenoxy) is 3. The summed E-state index contributed by atoms with van der Waals surface area (Å²) in [5.74, 6) is 1.05. The third-order valence-corrected chi connectivity index (χ3v) is 7.00. The summed E-state index contributed by atoms with van der Waals surface area (Å²) in [5.41, 5.74) is 0.962. The molecule has 2 fully saturated rings. The number of piperidine rings is 2. The van der Waals surface area contributed by atoms with Gasteiger partial charge in [0.25, 0.3) is 0 Å².